The molecule has 2 amide bonds. The molecule has 0 heterocycles. The Morgan fingerprint density at radius 3 is 2.29 bits per heavy atom. The second-order valence-electron chi connectivity index (χ2n) is 6.94. The smallest absolute Gasteiger partial charge is 0.244 e. The molecule has 0 fully saturated rings. The first-order chi connectivity index (χ1) is 14.5. The lowest BCUT2D eigenvalue weighted by molar-refractivity contribution is -0.139. The van der Waals surface area contributed by atoms with Crippen LogP contribution in [0.25, 0.3) is 0 Å². The number of sulfonamides is 1. The Morgan fingerprint density at radius 1 is 1.13 bits per heavy atom. The molecule has 2 rings (SSSR count). The molecule has 10 heteroatoms. The van der Waals surface area contributed by atoms with Gasteiger partial charge in [-0.15, -0.1) is 0 Å². The van der Waals surface area contributed by atoms with Crippen molar-refractivity contribution in [1.82, 2.24) is 10.2 Å². The summed E-state index contributed by atoms with van der Waals surface area (Å²) in [7, 11) is -3.77. The van der Waals surface area contributed by atoms with Crippen LogP contribution >= 0.6 is 27.5 Å². The van der Waals surface area contributed by atoms with Gasteiger partial charge in [-0.1, -0.05) is 35.9 Å². The third-order valence-electron chi connectivity index (χ3n) is 4.58. The number of hydrogen-bond acceptors (Lipinski definition) is 4. The zero-order valence-corrected chi connectivity index (χ0v) is 20.7. The summed E-state index contributed by atoms with van der Waals surface area (Å²) in [6, 6.07) is 12.8. The van der Waals surface area contributed by atoms with Gasteiger partial charge in [-0.25, -0.2) is 8.42 Å². The van der Waals surface area contributed by atoms with Crippen LogP contribution in [0, 0.1) is 0 Å². The van der Waals surface area contributed by atoms with Gasteiger partial charge >= 0.3 is 0 Å². The fourth-order valence-corrected chi connectivity index (χ4v) is 4.54. The molecule has 31 heavy (non-hydrogen) atoms. The SMILES string of the molecule is CCNC(=O)[C@@H](C)N(Cc1ccc(Cl)cc1)C(=O)CN(c1ccccc1Br)S(C)(=O)=O. The van der Waals surface area contributed by atoms with Gasteiger partial charge in [0.05, 0.1) is 11.9 Å². The van der Waals surface area contributed by atoms with Crippen LogP contribution in [0.15, 0.2) is 53.0 Å². The van der Waals surface area contributed by atoms with E-state index in [0.717, 1.165) is 16.1 Å². The van der Waals surface area contributed by atoms with Gasteiger partial charge in [-0.2, -0.15) is 0 Å². The highest BCUT2D eigenvalue weighted by atomic mass is 79.9. The van der Waals surface area contributed by atoms with E-state index in [1.54, 1.807) is 62.4 Å². The molecule has 0 aliphatic heterocycles. The molecule has 2 aromatic carbocycles. The first-order valence-corrected chi connectivity index (χ1v) is 12.6. The van der Waals surface area contributed by atoms with E-state index in [4.69, 9.17) is 11.6 Å². The summed E-state index contributed by atoms with van der Waals surface area (Å²) in [5.41, 5.74) is 1.11. The highest BCUT2D eigenvalue weighted by Crippen LogP contribution is 2.28. The molecule has 0 unspecified atom stereocenters. The van der Waals surface area contributed by atoms with E-state index in [1.807, 2.05) is 0 Å². The molecule has 7 nitrogen and oxygen atoms in total. The highest BCUT2D eigenvalue weighted by molar-refractivity contribution is 9.10. The fraction of sp³-hybridized carbons (Fsp3) is 0.333. The molecule has 168 valence electrons. The molecule has 0 aromatic heterocycles. The predicted octanol–water partition coefficient (Wildman–Crippen LogP) is 3.42. The van der Waals surface area contributed by atoms with Crippen molar-refractivity contribution in [2.75, 3.05) is 23.7 Å². The van der Waals surface area contributed by atoms with E-state index in [1.165, 1.54) is 4.90 Å². The second-order valence-corrected chi connectivity index (χ2v) is 10.1. The van der Waals surface area contributed by atoms with E-state index >= 15 is 0 Å². The lowest BCUT2D eigenvalue weighted by atomic mass is 10.1. The van der Waals surface area contributed by atoms with Crippen LogP contribution in [0.5, 0.6) is 0 Å². The molecular formula is C21H25BrClN3O4S. The maximum atomic E-state index is 13.3. The number of halogens is 2. The molecule has 2 aromatic rings. The van der Waals surface area contributed by atoms with Crippen molar-refractivity contribution in [2.45, 2.75) is 26.4 Å². The molecule has 0 saturated heterocycles. The van der Waals surface area contributed by atoms with Crippen molar-refractivity contribution in [3.8, 4) is 0 Å². The normalized spacial score (nSPS) is 12.2. The van der Waals surface area contributed by atoms with Crippen LogP contribution in [0.1, 0.15) is 19.4 Å². The Kier molecular flexibility index (Phi) is 8.90. The first kappa shape index (κ1) is 25.2. The Labute approximate surface area is 196 Å². The van der Waals surface area contributed by atoms with Crippen molar-refractivity contribution in [3.05, 3.63) is 63.6 Å². The molecule has 1 N–H and O–H groups in total. The summed E-state index contributed by atoms with van der Waals surface area (Å²) in [6.07, 6.45) is 1.04. The van der Waals surface area contributed by atoms with Crippen molar-refractivity contribution >= 4 is 55.1 Å². The summed E-state index contributed by atoms with van der Waals surface area (Å²) >= 11 is 9.29. The maximum Gasteiger partial charge on any atom is 0.244 e. The number of nitrogens with one attached hydrogen (secondary N) is 1. The van der Waals surface area contributed by atoms with Crippen LogP contribution in [0.4, 0.5) is 5.69 Å². The molecular weight excluding hydrogens is 506 g/mol. The van der Waals surface area contributed by atoms with Crippen molar-refractivity contribution in [3.63, 3.8) is 0 Å². The number of nitrogens with zero attached hydrogens (tertiary/aromatic N) is 2. The van der Waals surface area contributed by atoms with E-state index < -0.39 is 28.5 Å². The number of benzene rings is 2. The van der Waals surface area contributed by atoms with Crippen molar-refractivity contribution < 1.29 is 18.0 Å². The van der Waals surface area contributed by atoms with Crippen molar-refractivity contribution in [1.29, 1.82) is 0 Å². The van der Waals surface area contributed by atoms with Crippen LogP contribution < -0.4 is 9.62 Å². The maximum absolute atomic E-state index is 13.3. The summed E-state index contributed by atoms with van der Waals surface area (Å²) in [5.74, 6) is -0.827. The zero-order chi connectivity index (χ0) is 23.2. The van der Waals surface area contributed by atoms with Gasteiger partial charge in [-0.3, -0.25) is 13.9 Å². The Bertz CT molecular complexity index is 1030. The van der Waals surface area contributed by atoms with Gasteiger partial charge in [0.25, 0.3) is 0 Å². The van der Waals surface area contributed by atoms with E-state index in [0.29, 0.717) is 21.7 Å². The third kappa shape index (κ3) is 6.95. The molecule has 0 bridgehead atoms. The van der Waals surface area contributed by atoms with Crippen LogP contribution in [0.3, 0.4) is 0 Å². The number of amides is 2. The zero-order valence-electron chi connectivity index (χ0n) is 17.5. The summed E-state index contributed by atoms with van der Waals surface area (Å²) in [6.45, 7) is 3.50. The number of carbonyl (C=O) groups is 2. The molecule has 0 saturated carbocycles. The van der Waals surface area contributed by atoms with E-state index in [2.05, 4.69) is 21.2 Å². The number of rotatable bonds is 9. The van der Waals surface area contributed by atoms with E-state index in [-0.39, 0.29) is 12.5 Å². The minimum absolute atomic E-state index is 0.127. The largest absolute Gasteiger partial charge is 0.355 e. The summed E-state index contributed by atoms with van der Waals surface area (Å²) in [5, 5.41) is 3.26. The van der Waals surface area contributed by atoms with Crippen molar-refractivity contribution in [2.24, 2.45) is 0 Å². The second kappa shape index (κ2) is 11.0. The first-order valence-electron chi connectivity index (χ1n) is 9.58. The lowest BCUT2D eigenvalue weighted by Crippen LogP contribution is -2.51. The highest BCUT2D eigenvalue weighted by Gasteiger charge is 2.30. The van der Waals surface area contributed by atoms with Crippen LogP contribution in [-0.2, 0) is 26.2 Å². The Hall–Kier alpha value is -2.10. The number of likely N-dealkylation sites (N-methyl/N-ethyl adjacent to an activating group) is 1. The lowest BCUT2D eigenvalue weighted by Gasteiger charge is -2.31. The van der Waals surface area contributed by atoms with Gasteiger partial charge in [0.15, 0.2) is 0 Å². The van der Waals surface area contributed by atoms with Gasteiger partial charge in [0, 0.05) is 22.6 Å². The molecule has 0 radical (unpaired) electrons. The average molecular weight is 531 g/mol. The summed E-state index contributed by atoms with van der Waals surface area (Å²) < 4.78 is 26.5. The Morgan fingerprint density at radius 2 is 1.74 bits per heavy atom. The number of anilines is 1. The Balaban J connectivity index is 2.38. The fourth-order valence-electron chi connectivity index (χ4n) is 2.94. The minimum atomic E-state index is -3.77. The van der Waals surface area contributed by atoms with Crippen LogP contribution in [0.2, 0.25) is 5.02 Å². The summed E-state index contributed by atoms with van der Waals surface area (Å²) in [4.78, 5) is 27.1. The predicted molar refractivity (Wildman–Crippen MR) is 126 cm³/mol. The molecule has 0 aliphatic carbocycles. The monoisotopic (exact) mass is 529 g/mol. The van der Waals surface area contributed by atoms with Gasteiger partial charge < -0.3 is 10.2 Å². The number of hydrogen-bond donors (Lipinski definition) is 1. The topological polar surface area (TPSA) is 86.8 Å². The quantitative estimate of drug-likeness (QED) is 0.538. The van der Waals surface area contributed by atoms with Crippen LogP contribution in [-0.4, -0.2) is 50.5 Å². The van der Waals surface area contributed by atoms with Gasteiger partial charge in [0.2, 0.25) is 21.8 Å². The number of para-hydroxylation sites is 1. The third-order valence-corrected chi connectivity index (χ3v) is 6.63. The van der Waals surface area contributed by atoms with Gasteiger partial charge in [-0.05, 0) is 59.6 Å². The molecule has 0 aliphatic rings. The minimum Gasteiger partial charge on any atom is -0.355 e. The number of carbonyl (C=O) groups excluding carboxylic acids is 2. The molecule has 1 atom stereocenters. The molecule has 0 spiro atoms. The van der Waals surface area contributed by atoms with Gasteiger partial charge in [0.1, 0.15) is 12.6 Å². The van der Waals surface area contributed by atoms with E-state index in [9.17, 15) is 18.0 Å². The average Bonchev–Trinajstić information content (AvgIpc) is 2.71. The standard InChI is InChI=1S/C21H25BrClN3O4S/c1-4-24-21(28)15(2)25(13-16-9-11-17(23)12-10-16)20(27)14-26(31(3,29)30)19-8-6-5-7-18(19)22/h5-12,15H,4,13-14H2,1-3H3,(H,24,28)/t15-/m1/s1.